The lowest BCUT2D eigenvalue weighted by atomic mass is 9.82. The number of ether oxygens (including phenoxy) is 2. The zero-order valence-corrected chi connectivity index (χ0v) is 25.1. The zero-order valence-electron chi connectivity index (χ0n) is 24.3. The van der Waals surface area contributed by atoms with E-state index >= 15 is 0 Å². The molecule has 0 spiro atoms. The molecule has 1 N–H and O–H groups in total. The SMILES string of the molecule is COc1ccc(C2=NN(CCCCOc3ccc(C4=NNC(=O)CC4C)c(F)c3F)C(=O)C2(C)C)c2cc(C(F)(F)F)sc12. The van der Waals surface area contributed by atoms with Gasteiger partial charge < -0.3 is 9.47 Å². The quantitative estimate of drug-likeness (QED) is 0.215. The van der Waals surface area contributed by atoms with E-state index in [-0.39, 0.29) is 54.3 Å². The van der Waals surface area contributed by atoms with Crippen LogP contribution in [0.25, 0.3) is 10.1 Å². The highest BCUT2D eigenvalue weighted by Gasteiger charge is 2.45. The molecule has 8 nitrogen and oxygen atoms in total. The number of alkyl halides is 3. The summed E-state index contributed by atoms with van der Waals surface area (Å²) >= 11 is 0.569. The maximum Gasteiger partial charge on any atom is 0.425 e. The van der Waals surface area contributed by atoms with Gasteiger partial charge in [-0.05, 0) is 57.0 Å². The number of benzene rings is 2. The summed E-state index contributed by atoms with van der Waals surface area (Å²) in [6.07, 6.45) is -3.65. The second-order valence-corrected chi connectivity index (χ2v) is 12.2. The third-order valence-corrected chi connectivity index (χ3v) is 8.78. The summed E-state index contributed by atoms with van der Waals surface area (Å²) in [4.78, 5) is 23.9. The lowest BCUT2D eigenvalue weighted by molar-refractivity contribution is -0.135. The van der Waals surface area contributed by atoms with Crippen LogP contribution in [0.2, 0.25) is 0 Å². The third kappa shape index (κ3) is 5.74. The number of hydrogen-bond donors (Lipinski definition) is 1. The van der Waals surface area contributed by atoms with E-state index in [1.807, 2.05) is 0 Å². The molecule has 0 bridgehead atoms. The molecule has 2 aliphatic heterocycles. The molecule has 3 aromatic rings. The van der Waals surface area contributed by atoms with Gasteiger partial charge in [0.15, 0.2) is 11.6 Å². The maximum absolute atomic E-state index is 14.8. The number of fused-ring (bicyclic) bond motifs is 1. The molecule has 1 atom stereocenters. The smallest absolute Gasteiger partial charge is 0.425 e. The van der Waals surface area contributed by atoms with E-state index in [4.69, 9.17) is 9.47 Å². The van der Waals surface area contributed by atoms with Crippen LogP contribution < -0.4 is 14.9 Å². The molecule has 2 aliphatic rings. The van der Waals surface area contributed by atoms with Crippen molar-refractivity contribution in [3.63, 3.8) is 0 Å². The summed E-state index contributed by atoms with van der Waals surface area (Å²) in [7, 11) is 1.38. The van der Waals surface area contributed by atoms with Crippen LogP contribution in [-0.4, -0.2) is 48.5 Å². The molecule has 3 heterocycles. The summed E-state index contributed by atoms with van der Waals surface area (Å²) in [5, 5.41) is 9.96. The Morgan fingerprint density at radius 1 is 1.07 bits per heavy atom. The molecule has 44 heavy (non-hydrogen) atoms. The van der Waals surface area contributed by atoms with Gasteiger partial charge in [-0.1, -0.05) is 6.92 Å². The van der Waals surface area contributed by atoms with Crippen molar-refractivity contribution in [3.05, 3.63) is 58.0 Å². The highest BCUT2D eigenvalue weighted by Crippen LogP contribution is 2.45. The fourth-order valence-electron chi connectivity index (χ4n) is 5.23. The van der Waals surface area contributed by atoms with Crippen molar-refractivity contribution in [2.75, 3.05) is 20.3 Å². The minimum atomic E-state index is -4.54. The van der Waals surface area contributed by atoms with Crippen LogP contribution in [0.1, 0.15) is 56.0 Å². The van der Waals surface area contributed by atoms with E-state index in [1.165, 1.54) is 24.3 Å². The zero-order chi connectivity index (χ0) is 32.0. The monoisotopic (exact) mass is 636 g/mol. The minimum absolute atomic E-state index is 0.0271. The fraction of sp³-hybridized carbons (Fsp3) is 0.400. The van der Waals surface area contributed by atoms with Crippen LogP contribution in [0.15, 0.2) is 40.5 Å². The van der Waals surface area contributed by atoms with Crippen LogP contribution in [0.4, 0.5) is 22.0 Å². The van der Waals surface area contributed by atoms with Gasteiger partial charge in [0.05, 0.1) is 35.3 Å². The molecule has 0 radical (unpaired) electrons. The molecular formula is C30H29F5N4O4S. The van der Waals surface area contributed by atoms with Crippen molar-refractivity contribution in [1.82, 2.24) is 10.4 Å². The predicted molar refractivity (Wildman–Crippen MR) is 155 cm³/mol. The number of carbonyl (C=O) groups is 2. The van der Waals surface area contributed by atoms with Gasteiger partial charge in [-0.25, -0.2) is 14.8 Å². The number of rotatable bonds is 9. The number of hydrazone groups is 2. The summed E-state index contributed by atoms with van der Waals surface area (Å²) in [6.45, 7) is 5.24. The second-order valence-electron chi connectivity index (χ2n) is 11.1. The van der Waals surface area contributed by atoms with Gasteiger partial charge in [-0.15, -0.1) is 11.3 Å². The molecule has 0 fully saturated rings. The summed E-state index contributed by atoms with van der Waals surface area (Å²) in [5.41, 5.74) is 2.10. The van der Waals surface area contributed by atoms with Gasteiger partial charge in [0.25, 0.3) is 5.91 Å². The van der Waals surface area contributed by atoms with Gasteiger partial charge in [0, 0.05) is 35.4 Å². The molecule has 1 aromatic heterocycles. The standard InChI is InChI=1S/C30H29F5N4O4S/c1-15-13-22(40)36-37-25(15)17-8-9-19(24(32)23(17)31)43-12-6-5-11-39-28(41)29(2,3)27(38-39)16-7-10-20(42-4)26-18(16)14-21(44-26)30(33,34)35/h7-10,14-15H,5-6,11-13H2,1-4H3,(H,36,40). The number of nitrogens with one attached hydrogen (secondary N) is 1. The number of amides is 2. The molecule has 5 rings (SSSR count). The first kappa shape index (κ1) is 31.4. The molecule has 1 unspecified atom stereocenters. The molecule has 2 aromatic carbocycles. The van der Waals surface area contributed by atoms with Crippen LogP contribution in [0.5, 0.6) is 11.5 Å². The van der Waals surface area contributed by atoms with Crippen molar-refractivity contribution < 1.29 is 41.0 Å². The highest BCUT2D eigenvalue weighted by molar-refractivity contribution is 7.19. The van der Waals surface area contributed by atoms with Crippen molar-refractivity contribution in [3.8, 4) is 11.5 Å². The number of hydrogen-bond acceptors (Lipinski definition) is 7. The first-order valence-corrected chi connectivity index (χ1v) is 14.6. The van der Waals surface area contributed by atoms with E-state index in [0.717, 1.165) is 6.07 Å². The first-order valence-electron chi connectivity index (χ1n) is 13.8. The van der Waals surface area contributed by atoms with Gasteiger partial charge in [0.1, 0.15) is 10.6 Å². The Kier molecular flexibility index (Phi) is 8.40. The topological polar surface area (TPSA) is 92.6 Å². The summed E-state index contributed by atoms with van der Waals surface area (Å²) < 4.78 is 81.2. The van der Waals surface area contributed by atoms with E-state index in [9.17, 15) is 31.5 Å². The Hall–Kier alpha value is -4.07. The average Bonchev–Trinajstić information content (AvgIpc) is 3.51. The second kappa shape index (κ2) is 11.8. The van der Waals surface area contributed by atoms with E-state index in [0.29, 0.717) is 51.3 Å². The van der Waals surface area contributed by atoms with Gasteiger partial charge in [0.2, 0.25) is 11.7 Å². The molecule has 0 aliphatic carbocycles. The Morgan fingerprint density at radius 3 is 2.45 bits per heavy atom. The predicted octanol–water partition coefficient (Wildman–Crippen LogP) is 6.50. The van der Waals surface area contributed by atoms with Crippen molar-refractivity contribution >= 4 is 44.7 Å². The number of methoxy groups -OCH3 is 1. The molecule has 0 saturated carbocycles. The number of halogens is 5. The Balaban J connectivity index is 1.26. The Morgan fingerprint density at radius 2 is 1.77 bits per heavy atom. The Labute approximate surface area is 253 Å². The lowest BCUT2D eigenvalue weighted by Crippen LogP contribution is -2.35. The largest absolute Gasteiger partial charge is 0.495 e. The fourth-order valence-corrected chi connectivity index (χ4v) is 6.27. The van der Waals surface area contributed by atoms with Crippen LogP contribution >= 0.6 is 11.3 Å². The van der Waals surface area contributed by atoms with Crippen molar-refractivity contribution in [1.29, 1.82) is 0 Å². The normalized spacial score (nSPS) is 18.4. The average molecular weight is 637 g/mol. The Bertz CT molecular complexity index is 1700. The third-order valence-electron chi connectivity index (χ3n) is 7.59. The van der Waals surface area contributed by atoms with Crippen molar-refractivity contribution in [2.24, 2.45) is 21.5 Å². The molecule has 234 valence electrons. The summed E-state index contributed by atoms with van der Waals surface area (Å²) in [6, 6.07) is 6.87. The minimum Gasteiger partial charge on any atom is -0.495 e. The van der Waals surface area contributed by atoms with E-state index in [2.05, 4.69) is 15.6 Å². The van der Waals surface area contributed by atoms with E-state index < -0.39 is 28.1 Å². The van der Waals surface area contributed by atoms with E-state index in [1.54, 1.807) is 32.9 Å². The number of unbranched alkanes of at least 4 members (excludes halogenated alkanes) is 1. The van der Waals surface area contributed by atoms with Gasteiger partial charge >= 0.3 is 6.18 Å². The van der Waals surface area contributed by atoms with Crippen LogP contribution in [0.3, 0.4) is 0 Å². The maximum atomic E-state index is 14.8. The van der Waals surface area contributed by atoms with Crippen molar-refractivity contribution in [2.45, 2.75) is 46.2 Å². The number of nitrogens with zero attached hydrogens (tertiary/aromatic N) is 3. The van der Waals surface area contributed by atoms with Gasteiger partial charge in [-0.2, -0.15) is 27.8 Å². The lowest BCUT2D eigenvalue weighted by Gasteiger charge is -2.20. The summed E-state index contributed by atoms with van der Waals surface area (Å²) in [5.74, 6) is -3.29. The molecule has 0 saturated heterocycles. The first-order chi connectivity index (χ1) is 20.7. The number of carbonyl (C=O) groups excluding carboxylic acids is 2. The van der Waals surface area contributed by atoms with Crippen LogP contribution in [0, 0.1) is 23.0 Å². The van der Waals surface area contributed by atoms with Gasteiger partial charge in [-0.3, -0.25) is 9.59 Å². The highest BCUT2D eigenvalue weighted by atomic mass is 32.1. The van der Waals surface area contributed by atoms with Crippen LogP contribution in [-0.2, 0) is 15.8 Å². The number of thiophene rings is 1. The molecule has 2 amide bonds. The molecular weight excluding hydrogens is 607 g/mol. The molecule has 14 heteroatoms.